The lowest BCUT2D eigenvalue weighted by molar-refractivity contribution is 0.259. The molecule has 0 spiro atoms. The second kappa shape index (κ2) is 9.24. The molecule has 1 unspecified atom stereocenters. The SMILES string of the molecule is CNc1nccc(N2CCC(C)C2)n1.Cc1ccc(NC(N)=O)cc1Cl. The lowest BCUT2D eigenvalue weighted by Gasteiger charge is -2.16. The summed E-state index contributed by atoms with van der Waals surface area (Å²) in [7, 11) is 1.84. The molecule has 4 N–H and O–H groups in total. The molecule has 0 aliphatic carbocycles. The average molecular weight is 377 g/mol. The molecule has 2 amide bonds. The van der Waals surface area contributed by atoms with Crippen LogP contribution in [0.15, 0.2) is 30.5 Å². The fourth-order valence-electron chi connectivity index (χ4n) is 2.60. The molecular formula is C18H25ClN6O. The van der Waals surface area contributed by atoms with Gasteiger partial charge in [0.15, 0.2) is 0 Å². The number of amides is 2. The van der Waals surface area contributed by atoms with Gasteiger partial charge in [0.25, 0.3) is 0 Å². The van der Waals surface area contributed by atoms with Crippen LogP contribution in [0.2, 0.25) is 5.02 Å². The number of primary amides is 1. The van der Waals surface area contributed by atoms with Crippen LogP contribution >= 0.6 is 11.6 Å². The minimum absolute atomic E-state index is 0.588. The van der Waals surface area contributed by atoms with E-state index < -0.39 is 6.03 Å². The molecule has 1 saturated heterocycles. The van der Waals surface area contributed by atoms with Gasteiger partial charge in [-0.25, -0.2) is 9.78 Å². The van der Waals surface area contributed by atoms with Gasteiger partial charge in [0, 0.05) is 37.0 Å². The fraction of sp³-hybridized carbons (Fsp3) is 0.389. The normalized spacial score (nSPS) is 15.8. The fourth-order valence-corrected chi connectivity index (χ4v) is 2.78. The van der Waals surface area contributed by atoms with E-state index in [0.717, 1.165) is 30.4 Å². The Hall–Kier alpha value is -2.54. The number of benzene rings is 1. The highest BCUT2D eigenvalue weighted by molar-refractivity contribution is 6.31. The van der Waals surface area contributed by atoms with Crippen LogP contribution in [0.3, 0.4) is 0 Å². The predicted molar refractivity (Wildman–Crippen MR) is 107 cm³/mol. The van der Waals surface area contributed by atoms with E-state index in [2.05, 4.69) is 32.4 Å². The number of hydrogen-bond donors (Lipinski definition) is 3. The van der Waals surface area contributed by atoms with Crippen molar-refractivity contribution in [2.75, 3.05) is 35.7 Å². The molecule has 0 radical (unpaired) electrons. The first kappa shape index (κ1) is 19.8. The summed E-state index contributed by atoms with van der Waals surface area (Å²) >= 11 is 5.81. The zero-order valence-corrected chi connectivity index (χ0v) is 16.0. The van der Waals surface area contributed by atoms with Gasteiger partial charge < -0.3 is 21.3 Å². The van der Waals surface area contributed by atoms with E-state index in [9.17, 15) is 4.79 Å². The van der Waals surface area contributed by atoms with Crippen LogP contribution in [-0.2, 0) is 0 Å². The smallest absolute Gasteiger partial charge is 0.316 e. The molecule has 7 nitrogen and oxygen atoms in total. The van der Waals surface area contributed by atoms with Crippen molar-refractivity contribution in [3.8, 4) is 0 Å². The topological polar surface area (TPSA) is 96.2 Å². The largest absolute Gasteiger partial charge is 0.357 e. The monoisotopic (exact) mass is 376 g/mol. The molecule has 8 heteroatoms. The van der Waals surface area contributed by atoms with Gasteiger partial charge in [-0.1, -0.05) is 24.6 Å². The molecule has 1 atom stereocenters. The summed E-state index contributed by atoms with van der Waals surface area (Å²) in [6.45, 7) is 6.39. The molecule has 26 heavy (non-hydrogen) atoms. The third-order valence-electron chi connectivity index (χ3n) is 4.05. The maximum atomic E-state index is 10.4. The molecule has 140 valence electrons. The van der Waals surface area contributed by atoms with Crippen molar-refractivity contribution in [3.63, 3.8) is 0 Å². The number of anilines is 3. The summed E-state index contributed by atoms with van der Waals surface area (Å²) in [5.41, 5.74) is 6.49. The highest BCUT2D eigenvalue weighted by Crippen LogP contribution is 2.21. The molecular weight excluding hydrogens is 352 g/mol. The molecule has 0 saturated carbocycles. The number of rotatable bonds is 3. The van der Waals surface area contributed by atoms with Crippen LogP contribution < -0.4 is 21.3 Å². The van der Waals surface area contributed by atoms with Crippen LogP contribution in [0.5, 0.6) is 0 Å². The van der Waals surface area contributed by atoms with E-state index in [0.29, 0.717) is 16.7 Å². The summed E-state index contributed by atoms with van der Waals surface area (Å²) < 4.78 is 0. The molecule has 2 heterocycles. The van der Waals surface area contributed by atoms with Crippen molar-refractivity contribution in [2.24, 2.45) is 11.7 Å². The van der Waals surface area contributed by atoms with Gasteiger partial charge in [0.05, 0.1) is 0 Å². The van der Waals surface area contributed by atoms with Crippen LogP contribution in [-0.4, -0.2) is 36.1 Å². The van der Waals surface area contributed by atoms with Crippen LogP contribution in [0.25, 0.3) is 0 Å². The van der Waals surface area contributed by atoms with Gasteiger partial charge in [-0.3, -0.25) is 0 Å². The number of hydrogen-bond acceptors (Lipinski definition) is 5. The maximum absolute atomic E-state index is 10.4. The van der Waals surface area contributed by atoms with Crippen molar-refractivity contribution < 1.29 is 4.79 Å². The van der Waals surface area contributed by atoms with Gasteiger partial charge in [-0.05, 0) is 43.0 Å². The first-order chi connectivity index (χ1) is 12.4. The number of nitrogens with zero attached hydrogens (tertiary/aromatic N) is 3. The Kier molecular flexibility index (Phi) is 7.03. The van der Waals surface area contributed by atoms with Gasteiger partial charge in [-0.2, -0.15) is 4.98 Å². The Bertz CT molecular complexity index is 754. The number of carbonyl (C=O) groups excluding carboxylic acids is 1. The van der Waals surface area contributed by atoms with E-state index >= 15 is 0 Å². The summed E-state index contributed by atoms with van der Waals surface area (Å²) in [6.07, 6.45) is 3.07. The van der Waals surface area contributed by atoms with Crippen LogP contribution in [0.4, 0.5) is 22.2 Å². The summed E-state index contributed by atoms with van der Waals surface area (Å²) in [6, 6.07) is 6.59. The van der Waals surface area contributed by atoms with Crippen molar-refractivity contribution in [3.05, 3.63) is 41.0 Å². The van der Waals surface area contributed by atoms with Crippen molar-refractivity contribution in [2.45, 2.75) is 20.3 Å². The minimum Gasteiger partial charge on any atom is -0.357 e. The van der Waals surface area contributed by atoms with E-state index in [1.165, 1.54) is 6.42 Å². The van der Waals surface area contributed by atoms with Gasteiger partial charge in [0.1, 0.15) is 5.82 Å². The summed E-state index contributed by atoms with van der Waals surface area (Å²) in [4.78, 5) is 21.3. The third-order valence-corrected chi connectivity index (χ3v) is 4.46. The Morgan fingerprint density at radius 3 is 2.73 bits per heavy atom. The van der Waals surface area contributed by atoms with Gasteiger partial charge in [-0.15, -0.1) is 0 Å². The van der Waals surface area contributed by atoms with Crippen LogP contribution in [0.1, 0.15) is 18.9 Å². The molecule has 1 aliphatic heterocycles. The quantitative estimate of drug-likeness (QED) is 0.761. The van der Waals surface area contributed by atoms with E-state index in [1.807, 2.05) is 26.1 Å². The molecule has 3 rings (SSSR count). The first-order valence-corrected chi connectivity index (χ1v) is 8.85. The van der Waals surface area contributed by atoms with Crippen molar-refractivity contribution >= 4 is 35.1 Å². The summed E-state index contributed by atoms with van der Waals surface area (Å²) in [5.74, 6) is 2.51. The first-order valence-electron chi connectivity index (χ1n) is 8.47. The van der Waals surface area contributed by atoms with Crippen molar-refractivity contribution in [1.29, 1.82) is 0 Å². The third kappa shape index (κ3) is 5.77. The zero-order chi connectivity index (χ0) is 19.1. The van der Waals surface area contributed by atoms with E-state index in [4.69, 9.17) is 17.3 Å². The van der Waals surface area contributed by atoms with Crippen molar-refractivity contribution in [1.82, 2.24) is 9.97 Å². The number of aryl methyl sites for hydroxylation is 1. The van der Waals surface area contributed by atoms with Gasteiger partial charge >= 0.3 is 6.03 Å². The highest BCUT2D eigenvalue weighted by atomic mass is 35.5. The Morgan fingerprint density at radius 2 is 2.15 bits per heavy atom. The second-order valence-corrected chi connectivity index (χ2v) is 6.69. The summed E-state index contributed by atoms with van der Waals surface area (Å²) in [5, 5.41) is 5.99. The molecule has 1 aromatic heterocycles. The number of urea groups is 1. The lowest BCUT2D eigenvalue weighted by Crippen LogP contribution is -2.20. The van der Waals surface area contributed by atoms with Crippen LogP contribution in [0, 0.1) is 12.8 Å². The predicted octanol–water partition coefficient (Wildman–Crippen LogP) is 3.50. The number of nitrogens with one attached hydrogen (secondary N) is 2. The molecule has 0 bridgehead atoms. The zero-order valence-electron chi connectivity index (χ0n) is 15.3. The lowest BCUT2D eigenvalue weighted by atomic mass is 10.2. The van der Waals surface area contributed by atoms with E-state index in [1.54, 1.807) is 18.3 Å². The average Bonchev–Trinajstić information content (AvgIpc) is 3.05. The van der Waals surface area contributed by atoms with Gasteiger partial charge in [0.2, 0.25) is 5.95 Å². The number of carbonyl (C=O) groups is 1. The number of halogens is 1. The Labute approximate surface area is 159 Å². The minimum atomic E-state index is -0.588. The highest BCUT2D eigenvalue weighted by Gasteiger charge is 2.19. The number of aromatic nitrogens is 2. The number of nitrogens with two attached hydrogens (primary N) is 1. The molecule has 1 aromatic carbocycles. The Morgan fingerprint density at radius 1 is 1.38 bits per heavy atom. The maximum Gasteiger partial charge on any atom is 0.316 e. The Balaban J connectivity index is 0.000000190. The second-order valence-electron chi connectivity index (χ2n) is 6.28. The van der Waals surface area contributed by atoms with E-state index in [-0.39, 0.29) is 0 Å². The molecule has 1 aliphatic rings. The molecule has 1 fully saturated rings. The standard InChI is InChI=1S/C10H16N4.C8H9ClN2O/c1-8-4-6-14(7-8)9-3-5-12-10(11-2)13-9;1-5-2-3-6(4-7(5)9)11-8(10)12/h3,5,8H,4,6-7H2,1-2H3,(H,11,12,13);2-4H,1H3,(H3,10,11,12). The molecule has 2 aromatic rings.